The van der Waals surface area contributed by atoms with Crippen molar-refractivity contribution in [1.82, 2.24) is 0 Å². The first-order valence-electron chi connectivity index (χ1n) is 8.78. The molecule has 1 aliphatic heterocycles. The van der Waals surface area contributed by atoms with E-state index in [1.165, 1.54) is 5.56 Å². The Morgan fingerprint density at radius 3 is 2.61 bits per heavy atom. The van der Waals surface area contributed by atoms with Crippen molar-refractivity contribution in [2.45, 2.75) is 70.8 Å². The molecule has 3 N–H and O–H groups in total. The van der Waals surface area contributed by atoms with Crippen molar-refractivity contribution >= 4 is 0 Å². The maximum Gasteiger partial charge on any atom is 0.119 e. The Hall–Kier alpha value is -1.10. The Labute approximate surface area is 140 Å². The first-order valence-corrected chi connectivity index (χ1v) is 8.78. The molecule has 4 heteroatoms. The summed E-state index contributed by atoms with van der Waals surface area (Å²) in [7, 11) is 0. The minimum absolute atomic E-state index is 0.184. The van der Waals surface area contributed by atoms with Gasteiger partial charge in [-0.1, -0.05) is 6.92 Å². The molecule has 2 atom stereocenters. The molecule has 0 amide bonds. The van der Waals surface area contributed by atoms with Gasteiger partial charge in [-0.25, -0.2) is 0 Å². The number of benzene rings is 1. The fraction of sp³-hybridized carbons (Fsp3) is 0.684. The predicted octanol–water partition coefficient (Wildman–Crippen LogP) is 2.25. The van der Waals surface area contributed by atoms with Crippen LogP contribution in [0.25, 0.3) is 0 Å². The first kappa shape index (κ1) is 18.2. The van der Waals surface area contributed by atoms with Gasteiger partial charge in [0.15, 0.2) is 0 Å². The van der Waals surface area contributed by atoms with E-state index >= 15 is 0 Å². The number of aliphatic hydroxyl groups is 1. The fourth-order valence-electron chi connectivity index (χ4n) is 3.21. The molecule has 1 saturated heterocycles. The van der Waals surface area contributed by atoms with Crippen LogP contribution in [-0.2, 0) is 11.3 Å². The summed E-state index contributed by atoms with van der Waals surface area (Å²) in [6, 6.07) is 8.22. The molecule has 2 rings (SSSR count). The highest BCUT2D eigenvalue weighted by Crippen LogP contribution is 2.33. The third-order valence-electron chi connectivity index (χ3n) is 4.67. The van der Waals surface area contributed by atoms with E-state index in [1.807, 2.05) is 26.0 Å². The third-order valence-corrected chi connectivity index (χ3v) is 4.67. The van der Waals surface area contributed by atoms with Gasteiger partial charge in [-0.05, 0) is 51.5 Å². The lowest BCUT2D eigenvalue weighted by Gasteiger charge is -2.42. The average molecular weight is 322 g/mol. The molecular formula is C19H32NO3+. The largest absolute Gasteiger partial charge is 0.491 e. The Bertz CT molecular complexity index is 488. The van der Waals surface area contributed by atoms with E-state index in [9.17, 15) is 5.11 Å². The molecule has 23 heavy (non-hydrogen) atoms. The highest BCUT2D eigenvalue weighted by atomic mass is 16.5. The molecule has 130 valence electrons. The second kappa shape index (κ2) is 7.65. The van der Waals surface area contributed by atoms with Crippen LogP contribution in [0.3, 0.4) is 0 Å². The van der Waals surface area contributed by atoms with Gasteiger partial charge in [0, 0.05) is 18.4 Å². The van der Waals surface area contributed by atoms with Crippen LogP contribution in [-0.4, -0.2) is 35.6 Å². The highest BCUT2D eigenvalue weighted by molar-refractivity contribution is 5.26. The smallest absolute Gasteiger partial charge is 0.119 e. The van der Waals surface area contributed by atoms with Gasteiger partial charge in [0.05, 0.1) is 18.3 Å². The zero-order valence-electron chi connectivity index (χ0n) is 15.0. The maximum atomic E-state index is 10.8. The molecule has 0 aromatic heterocycles. The van der Waals surface area contributed by atoms with Crippen molar-refractivity contribution in [3.05, 3.63) is 29.8 Å². The minimum atomic E-state index is -0.621. The monoisotopic (exact) mass is 322 g/mol. The summed E-state index contributed by atoms with van der Waals surface area (Å²) in [5.41, 5.74) is 0.440. The van der Waals surface area contributed by atoms with Crippen LogP contribution in [0, 0.1) is 0 Å². The lowest BCUT2D eigenvalue weighted by Crippen LogP contribution is -2.87. The van der Waals surface area contributed by atoms with Crippen molar-refractivity contribution < 1.29 is 19.9 Å². The summed E-state index contributed by atoms with van der Waals surface area (Å²) in [4.78, 5) is 0. The van der Waals surface area contributed by atoms with Crippen molar-refractivity contribution in [2.24, 2.45) is 0 Å². The van der Waals surface area contributed by atoms with Gasteiger partial charge in [0.25, 0.3) is 0 Å². The van der Waals surface area contributed by atoms with E-state index in [0.717, 1.165) is 31.7 Å². The fourth-order valence-corrected chi connectivity index (χ4v) is 3.21. The summed E-state index contributed by atoms with van der Waals surface area (Å²) in [6.45, 7) is 10.5. The van der Waals surface area contributed by atoms with Gasteiger partial charge in [0.2, 0.25) is 0 Å². The molecule has 0 aliphatic carbocycles. The standard InChI is InChI=1S/C19H31NO3/c1-5-18(4)13-19(21,10-11-22-18)14-20-12-16-6-8-17(9-7-16)23-15(2)3/h6-9,15,20-21H,5,10-14H2,1-4H3/p+1/t18-,19+/m0/s1. The lowest BCUT2D eigenvalue weighted by molar-refractivity contribution is -0.684. The van der Waals surface area contributed by atoms with Gasteiger partial charge >= 0.3 is 0 Å². The third kappa shape index (κ3) is 5.48. The molecule has 1 heterocycles. The predicted molar refractivity (Wildman–Crippen MR) is 91.5 cm³/mol. The van der Waals surface area contributed by atoms with Crippen molar-refractivity contribution in [3.8, 4) is 5.75 Å². The van der Waals surface area contributed by atoms with Crippen LogP contribution in [0.4, 0.5) is 0 Å². The van der Waals surface area contributed by atoms with E-state index in [1.54, 1.807) is 0 Å². The zero-order valence-corrected chi connectivity index (χ0v) is 15.0. The molecule has 4 nitrogen and oxygen atoms in total. The average Bonchev–Trinajstić information content (AvgIpc) is 2.48. The lowest BCUT2D eigenvalue weighted by atomic mass is 9.82. The zero-order chi connectivity index (χ0) is 16.9. The quantitative estimate of drug-likeness (QED) is 0.809. The van der Waals surface area contributed by atoms with Gasteiger partial charge in [-0.2, -0.15) is 0 Å². The van der Waals surface area contributed by atoms with Gasteiger partial charge < -0.3 is 19.9 Å². The molecule has 1 aromatic carbocycles. The molecule has 0 bridgehead atoms. The molecule has 1 aliphatic rings. The number of hydrogen-bond donors (Lipinski definition) is 2. The number of quaternary nitrogens is 1. The summed E-state index contributed by atoms with van der Waals surface area (Å²) in [6.07, 6.45) is 2.57. The number of rotatable bonds is 7. The molecule has 0 spiro atoms. The van der Waals surface area contributed by atoms with E-state index in [4.69, 9.17) is 9.47 Å². The number of hydrogen-bond acceptors (Lipinski definition) is 3. The summed E-state index contributed by atoms with van der Waals surface area (Å²) in [5, 5.41) is 13.0. The van der Waals surface area contributed by atoms with Crippen LogP contribution in [0.1, 0.15) is 52.5 Å². The Balaban J connectivity index is 1.82. The van der Waals surface area contributed by atoms with Crippen molar-refractivity contribution in [1.29, 1.82) is 0 Å². The second-order valence-electron chi connectivity index (χ2n) is 7.31. The number of nitrogens with two attached hydrogens (primary N) is 1. The van der Waals surface area contributed by atoms with E-state index in [-0.39, 0.29) is 11.7 Å². The minimum Gasteiger partial charge on any atom is -0.491 e. The Morgan fingerprint density at radius 2 is 2.00 bits per heavy atom. The van der Waals surface area contributed by atoms with Crippen molar-refractivity contribution in [2.75, 3.05) is 13.2 Å². The molecule has 0 saturated carbocycles. The van der Waals surface area contributed by atoms with E-state index < -0.39 is 5.60 Å². The van der Waals surface area contributed by atoms with Crippen LogP contribution < -0.4 is 10.1 Å². The summed E-state index contributed by atoms with van der Waals surface area (Å²) in [5.74, 6) is 0.908. The molecule has 0 radical (unpaired) electrons. The van der Waals surface area contributed by atoms with Crippen molar-refractivity contribution in [3.63, 3.8) is 0 Å². The van der Waals surface area contributed by atoms with Crippen LogP contribution >= 0.6 is 0 Å². The van der Waals surface area contributed by atoms with E-state index in [2.05, 4.69) is 31.3 Å². The Kier molecular flexibility index (Phi) is 6.06. The molecule has 1 aromatic rings. The van der Waals surface area contributed by atoms with Gasteiger partial charge in [-0.15, -0.1) is 0 Å². The Morgan fingerprint density at radius 1 is 1.30 bits per heavy atom. The van der Waals surface area contributed by atoms with Crippen LogP contribution in [0.5, 0.6) is 5.75 Å². The normalized spacial score (nSPS) is 28.1. The molecule has 0 unspecified atom stereocenters. The summed E-state index contributed by atoms with van der Waals surface area (Å²) >= 11 is 0. The SMILES string of the molecule is CC[C@@]1(C)C[C@@](O)(C[NH2+]Cc2ccc(OC(C)C)cc2)CCO1. The highest BCUT2D eigenvalue weighted by Gasteiger charge is 2.42. The summed E-state index contributed by atoms with van der Waals surface area (Å²) < 4.78 is 11.5. The topological polar surface area (TPSA) is 55.3 Å². The maximum absolute atomic E-state index is 10.8. The van der Waals surface area contributed by atoms with Gasteiger partial charge in [0.1, 0.15) is 24.4 Å². The number of ether oxygens (including phenoxy) is 2. The molecule has 1 fully saturated rings. The first-order chi connectivity index (χ1) is 10.8. The van der Waals surface area contributed by atoms with Crippen LogP contribution in [0.15, 0.2) is 24.3 Å². The van der Waals surface area contributed by atoms with Crippen LogP contribution in [0.2, 0.25) is 0 Å². The van der Waals surface area contributed by atoms with E-state index in [0.29, 0.717) is 13.0 Å². The van der Waals surface area contributed by atoms with Gasteiger partial charge in [-0.3, -0.25) is 0 Å². The second-order valence-corrected chi connectivity index (χ2v) is 7.31. The molecular weight excluding hydrogens is 290 g/mol.